The van der Waals surface area contributed by atoms with Crippen molar-refractivity contribution in [3.8, 4) is 0 Å². The highest BCUT2D eigenvalue weighted by Gasteiger charge is 1.99. The summed E-state index contributed by atoms with van der Waals surface area (Å²) < 4.78 is 4.74. The monoisotopic (exact) mass is 196 g/mol. The summed E-state index contributed by atoms with van der Waals surface area (Å²) in [6.07, 6.45) is 2.37. The fraction of sp³-hybridized carbons (Fsp3) is 0.857. The lowest BCUT2D eigenvalue weighted by Gasteiger charge is -1.99. The molecule has 0 rings (SSSR count). The molecule has 0 aliphatic carbocycles. The van der Waals surface area contributed by atoms with Crippen molar-refractivity contribution in [1.29, 1.82) is 0 Å². The van der Waals surface area contributed by atoms with Gasteiger partial charge in [-0.25, -0.2) is 0 Å². The van der Waals surface area contributed by atoms with E-state index in [0.717, 1.165) is 18.6 Å². The summed E-state index contributed by atoms with van der Waals surface area (Å²) in [7, 11) is 6.67. The van der Waals surface area contributed by atoms with Crippen molar-refractivity contribution in [2.24, 2.45) is 0 Å². The molecule has 0 spiro atoms. The first-order valence-corrected chi connectivity index (χ1v) is 5.51. The minimum Gasteiger partial charge on any atom is -0.466 e. The van der Waals surface area contributed by atoms with Gasteiger partial charge in [-0.3, -0.25) is 4.79 Å². The van der Waals surface area contributed by atoms with Crippen molar-refractivity contribution in [2.75, 3.05) is 12.4 Å². The Bertz CT molecular complexity index is 109. The number of hydrogen-bond acceptors (Lipinski definition) is 3. The maximum Gasteiger partial charge on any atom is 0.305 e. The Hall–Kier alpha value is 0.110. The molecule has 0 heterocycles. The lowest BCUT2D eigenvalue weighted by atomic mass is 10.2. The van der Waals surface area contributed by atoms with E-state index in [1.807, 2.05) is 6.92 Å². The Morgan fingerprint density at radius 2 is 2.27 bits per heavy atom. The van der Waals surface area contributed by atoms with Crippen LogP contribution in [0.4, 0.5) is 0 Å². The van der Waals surface area contributed by atoms with E-state index in [2.05, 4.69) is 0 Å². The minimum atomic E-state index is -0.105. The van der Waals surface area contributed by atoms with E-state index in [0.29, 0.717) is 13.0 Å². The molecule has 0 aromatic rings. The number of unbranched alkanes of at least 4 members (excludes halogenated alkanes) is 1. The number of carbonyl (C=O) groups is 1. The van der Waals surface area contributed by atoms with E-state index in [-0.39, 0.29) is 5.97 Å². The Balaban J connectivity index is 3.04. The first-order chi connectivity index (χ1) is 5.31. The summed E-state index contributed by atoms with van der Waals surface area (Å²) in [6.45, 7) is 2.29. The van der Waals surface area contributed by atoms with Crippen LogP contribution in [0.1, 0.15) is 26.2 Å². The molecule has 0 aromatic carbocycles. The molecule has 0 amide bonds. The summed E-state index contributed by atoms with van der Waals surface area (Å²) in [5, 5.41) is 0. The van der Waals surface area contributed by atoms with Crippen LogP contribution in [-0.2, 0) is 9.53 Å². The second-order valence-electron chi connectivity index (χ2n) is 2.08. The van der Waals surface area contributed by atoms with Crippen LogP contribution in [0.2, 0.25) is 0 Å². The predicted molar refractivity (Wildman–Crippen MR) is 48.8 cm³/mol. The zero-order valence-corrected chi connectivity index (χ0v) is 8.21. The molecule has 0 aliphatic rings. The van der Waals surface area contributed by atoms with E-state index in [1.54, 1.807) is 0 Å². The number of halogens is 1. The van der Waals surface area contributed by atoms with Gasteiger partial charge in [-0.15, -0.1) is 0 Å². The van der Waals surface area contributed by atoms with Crippen molar-refractivity contribution in [3.63, 3.8) is 0 Å². The number of esters is 1. The lowest BCUT2D eigenvalue weighted by Crippen LogP contribution is -2.03. The molecule has 2 nitrogen and oxygen atoms in total. The first kappa shape index (κ1) is 11.1. The first-order valence-electron chi connectivity index (χ1n) is 3.70. The van der Waals surface area contributed by atoms with Gasteiger partial charge < -0.3 is 4.74 Å². The largest absolute Gasteiger partial charge is 0.466 e. The van der Waals surface area contributed by atoms with Gasteiger partial charge in [0.2, 0.25) is 0 Å². The van der Waals surface area contributed by atoms with Crippen LogP contribution in [-0.4, -0.2) is 18.3 Å². The van der Waals surface area contributed by atoms with Gasteiger partial charge >= 0.3 is 5.97 Å². The van der Waals surface area contributed by atoms with E-state index in [9.17, 15) is 4.79 Å². The second kappa shape index (κ2) is 8.21. The van der Waals surface area contributed by atoms with Gasteiger partial charge in [0.05, 0.1) is 6.61 Å². The topological polar surface area (TPSA) is 26.3 Å². The summed E-state index contributed by atoms with van der Waals surface area (Å²) >= 11 is 0. The molecular formula is C7H13ClO2S. The Morgan fingerprint density at radius 3 is 2.82 bits per heavy atom. The van der Waals surface area contributed by atoms with Crippen molar-refractivity contribution in [2.45, 2.75) is 26.2 Å². The van der Waals surface area contributed by atoms with Crippen LogP contribution in [0.15, 0.2) is 0 Å². The molecule has 0 atom stereocenters. The fourth-order valence-corrected chi connectivity index (χ4v) is 1.30. The molecule has 0 radical (unpaired) electrons. The van der Waals surface area contributed by atoms with Crippen LogP contribution in [0.3, 0.4) is 0 Å². The number of hydrogen-bond donors (Lipinski definition) is 0. The van der Waals surface area contributed by atoms with Crippen LogP contribution >= 0.6 is 21.7 Å². The Kier molecular flexibility index (Phi) is 8.29. The fourth-order valence-electron chi connectivity index (χ4n) is 0.659. The van der Waals surface area contributed by atoms with Gasteiger partial charge in [-0.2, -0.15) is 0 Å². The molecular weight excluding hydrogens is 184 g/mol. The number of carbonyl (C=O) groups excluding carboxylic acids is 1. The summed E-state index contributed by atoms with van der Waals surface area (Å²) in [5.74, 6) is 0.799. The van der Waals surface area contributed by atoms with E-state index in [1.165, 1.54) is 11.0 Å². The third kappa shape index (κ3) is 8.01. The highest BCUT2D eigenvalue weighted by atomic mass is 35.7. The molecule has 11 heavy (non-hydrogen) atoms. The molecule has 0 aromatic heterocycles. The van der Waals surface area contributed by atoms with Crippen LogP contribution in [0.5, 0.6) is 0 Å². The maximum absolute atomic E-state index is 10.7. The molecule has 4 heteroatoms. The molecule has 0 unspecified atom stereocenters. The number of ether oxygens (including phenoxy) is 1. The van der Waals surface area contributed by atoms with Gasteiger partial charge in [0.15, 0.2) is 0 Å². The molecule has 0 N–H and O–H groups in total. The van der Waals surface area contributed by atoms with Crippen LogP contribution in [0.25, 0.3) is 0 Å². The molecule has 0 fully saturated rings. The Labute approximate surface area is 76.1 Å². The smallest absolute Gasteiger partial charge is 0.305 e. The van der Waals surface area contributed by atoms with Crippen LogP contribution < -0.4 is 0 Å². The molecule has 0 saturated heterocycles. The van der Waals surface area contributed by atoms with Gasteiger partial charge in [-0.1, -0.05) is 11.0 Å². The predicted octanol–water partition coefficient (Wildman–Crippen LogP) is 2.61. The number of rotatable bonds is 6. The lowest BCUT2D eigenvalue weighted by molar-refractivity contribution is -0.143. The minimum absolute atomic E-state index is 0.105. The molecule has 0 aliphatic heterocycles. The zero-order chi connectivity index (χ0) is 8.53. The second-order valence-corrected chi connectivity index (χ2v) is 3.36. The van der Waals surface area contributed by atoms with Gasteiger partial charge in [0.25, 0.3) is 0 Å². The third-order valence-electron chi connectivity index (χ3n) is 1.16. The normalized spacial score (nSPS) is 9.64. The molecule has 0 bridgehead atoms. The summed E-state index contributed by atoms with van der Waals surface area (Å²) in [4.78, 5) is 10.7. The van der Waals surface area contributed by atoms with Crippen molar-refractivity contribution >= 4 is 27.6 Å². The maximum atomic E-state index is 10.7. The quantitative estimate of drug-likeness (QED) is 0.483. The standard InChI is InChI=1S/C7H13ClO2S/c1-2-10-7(9)5-3-4-6-11-8/h2-6H2,1H3. The van der Waals surface area contributed by atoms with Crippen LogP contribution in [0, 0.1) is 0 Å². The highest BCUT2D eigenvalue weighted by molar-refractivity contribution is 8.21. The van der Waals surface area contributed by atoms with E-state index in [4.69, 9.17) is 15.4 Å². The highest BCUT2D eigenvalue weighted by Crippen LogP contribution is 2.09. The van der Waals surface area contributed by atoms with Gasteiger partial charge in [0.1, 0.15) is 0 Å². The molecule has 66 valence electrons. The average molecular weight is 197 g/mol. The molecule has 0 saturated carbocycles. The van der Waals surface area contributed by atoms with Crippen molar-refractivity contribution < 1.29 is 9.53 Å². The summed E-state index contributed by atoms with van der Waals surface area (Å²) in [6, 6.07) is 0. The zero-order valence-electron chi connectivity index (χ0n) is 6.64. The van der Waals surface area contributed by atoms with E-state index < -0.39 is 0 Å². The average Bonchev–Trinajstić information content (AvgIpc) is 1.99. The van der Waals surface area contributed by atoms with Gasteiger partial charge in [0, 0.05) is 12.2 Å². The Morgan fingerprint density at radius 1 is 1.55 bits per heavy atom. The van der Waals surface area contributed by atoms with E-state index >= 15 is 0 Å². The van der Waals surface area contributed by atoms with Crippen molar-refractivity contribution in [3.05, 3.63) is 0 Å². The van der Waals surface area contributed by atoms with Gasteiger partial charge in [-0.05, 0) is 30.4 Å². The summed E-state index contributed by atoms with van der Waals surface area (Å²) in [5.41, 5.74) is 0. The third-order valence-corrected chi connectivity index (χ3v) is 2.06. The van der Waals surface area contributed by atoms with Crippen molar-refractivity contribution in [1.82, 2.24) is 0 Å². The SMILES string of the molecule is CCOC(=O)CCCCSCl.